The number of halogens is 1. The standard InChI is InChI=1S/C24H28IN4O/c1-30-15-14-29-12-7-18(8-13-29)24-27-22(17-5-10-26-11-6-17)23(28-24)20-2-3-21-19(16-20)4-9-25-21/h2-3,5-6,10-11,16,18H,4,7-9,12-15H2,1H3,(H,27,28)/q-1. The zero-order valence-electron chi connectivity index (χ0n) is 17.4. The van der Waals surface area contributed by atoms with E-state index in [1.807, 2.05) is 12.4 Å². The molecule has 0 spiro atoms. The van der Waals surface area contributed by atoms with Crippen molar-refractivity contribution in [2.45, 2.75) is 25.2 Å². The number of methoxy groups -OCH3 is 1. The van der Waals surface area contributed by atoms with Crippen LogP contribution in [0.1, 0.15) is 30.1 Å². The number of hydrogen-bond acceptors (Lipinski definition) is 4. The van der Waals surface area contributed by atoms with Crippen LogP contribution in [0.15, 0.2) is 42.7 Å². The van der Waals surface area contributed by atoms with Crippen molar-refractivity contribution in [2.24, 2.45) is 0 Å². The van der Waals surface area contributed by atoms with Gasteiger partial charge in [0.2, 0.25) is 0 Å². The number of ether oxygens (including phenoxy) is 1. The second kappa shape index (κ2) is 9.16. The van der Waals surface area contributed by atoms with Gasteiger partial charge in [0.1, 0.15) is 0 Å². The number of aryl methyl sites for hydroxylation is 1. The molecule has 0 atom stereocenters. The summed E-state index contributed by atoms with van der Waals surface area (Å²) in [6, 6.07) is 11.2. The van der Waals surface area contributed by atoms with Gasteiger partial charge in [-0.1, -0.05) is 0 Å². The van der Waals surface area contributed by atoms with Gasteiger partial charge in [0.15, 0.2) is 0 Å². The molecule has 158 valence electrons. The Hall–Kier alpha value is -1.77. The van der Waals surface area contributed by atoms with Crippen LogP contribution < -0.4 is 21.2 Å². The molecule has 30 heavy (non-hydrogen) atoms. The maximum atomic E-state index is 5.24. The van der Waals surface area contributed by atoms with Gasteiger partial charge in [0.05, 0.1) is 6.61 Å². The summed E-state index contributed by atoms with van der Waals surface area (Å²) in [7, 11) is 1.78. The Morgan fingerprint density at radius 2 is 1.97 bits per heavy atom. The number of benzene rings is 1. The molecule has 2 aromatic heterocycles. The number of fused-ring (bicyclic) bond motifs is 1. The number of aromatic amines is 1. The first-order chi connectivity index (χ1) is 14.8. The van der Waals surface area contributed by atoms with Crippen molar-refractivity contribution in [1.82, 2.24) is 19.9 Å². The van der Waals surface area contributed by atoms with E-state index in [0.29, 0.717) is 5.92 Å². The molecule has 0 saturated carbocycles. The number of nitrogens with one attached hydrogen (secondary N) is 1. The topological polar surface area (TPSA) is 54.0 Å². The fourth-order valence-electron chi connectivity index (χ4n) is 4.47. The first-order valence-corrected chi connectivity index (χ1v) is 13.4. The number of rotatable bonds is 6. The number of alkyl halides is 1. The van der Waals surface area contributed by atoms with E-state index in [9.17, 15) is 0 Å². The van der Waals surface area contributed by atoms with E-state index in [2.05, 4.69) is 45.2 Å². The number of pyridine rings is 1. The fourth-order valence-corrected chi connectivity index (χ4v) is 7.25. The molecule has 2 aliphatic heterocycles. The number of aromatic nitrogens is 3. The number of imidazole rings is 1. The van der Waals surface area contributed by atoms with Crippen LogP contribution in [0, 0.1) is 3.57 Å². The third kappa shape index (κ3) is 4.18. The van der Waals surface area contributed by atoms with E-state index < -0.39 is 0 Å². The van der Waals surface area contributed by atoms with Crippen molar-refractivity contribution in [3.63, 3.8) is 0 Å². The monoisotopic (exact) mass is 515 g/mol. The number of H-pyrrole nitrogens is 1. The van der Waals surface area contributed by atoms with Crippen LogP contribution in [0.25, 0.3) is 22.5 Å². The summed E-state index contributed by atoms with van der Waals surface area (Å²) in [5.41, 5.74) is 6.15. The van der Waals surface area contributed by atoms with E-state index in [1.54, 1.807) is 10.7 Å². The predicted octanol–water partition coefficient (Wildman–Crippen LogP) is 0.779. The molecule has 3 aromatic rings. The molecule has 0 unspecified atom stereocenters. The molecule has 0 radical (unpaired) electrons. The van der Waals surface area contributed by atoms with Crippen molar-refractivity contribution < 1.29 is 25.9 Å². The van der Waals surface area contributed by atoms with E-state index in [1.165, 1.54) is 22.0 Å². The number of hydrogen-bond donors (Lipinski definition) is 1. The molecule has 5 nitrogen and oxygen atoms in total. The third-order valence-electron chi connectivity index (χ3n) is 6.20. The molecular weight excluding hydrogens is 487 g/mol. The summed E-state index contributed by atoms with van der Waals surface area (Å²) >= 11 is 0.222. The average molecular weight is 515 g/mol. The van der Waals surface area contributed by atoms with Gasteiger partial charge >= 0.3 is 170 Å². The van der Waals surface area contributed by atoms with Crippen molar-refractivity contribution in [2.75, 3.05) is 37.8 Å². The van der Waals surface area contributed by atoms with E-state index >= 15 is 0 Å². The summed E-state index contributed by atoms with van der Waals surface area (Å²) in [6.45, 7) is 4.04. The Bertz CT molecular complexity index is 996. The first kappa shape index (κ1) is 20.2. The van der Waals surface area contributed by atoms with Gasteiger partial charge in [-0.05, 0) is 0 Å². The molecule has 0 bridgehead atoms. The Kier molecular flexibility index (Phi) is 6.15. The molecule has 1 fully saturated rings. The number of likely N-dealkylation sites (tertiary alicyclic amines) is 1. The zero-order valence-corrected chi connectivity index (χ0v) is 19.6. The van der Waals surface area contributed by atoms with Crippen molar-refractivity contribution in [1.29, 1.82) is 0 Å². The fraction of sp³-hybridized carbons (Fsp3) is 0.417. The molecule has 0 amide bonds. The summed E-state index contributed by atoms with van der Waals surface area (Å²) in [5.74, 6) is 1.62. The molecule has 4 heterocycles. The second-order valence-corrected chi connectivity index (χ2v) is 11.1. The van der Waals surface area contributed by atoms with Gasteiger partial charge in [-0.15, -0.1) is 0 Å². The second-order valence-electron chi connectivity index (χ2n) is 8.07. The minimum absolute atomic E-state index is 0.222. The molecule has 0 aliphatic carbocycles. The molecular formula is C24H28IN4O-. The van der Waals surface area contributed by atoms with E-state index in [4.69, 9.17) is 9.72 Å². The van der Waals surface area contributed by atoms with Crippen LogP contribution in [-0.2, 0) is 11.2 Å². The quantitative estimate of drug-likeness (QED) is 0.390. The normalized spacial score (nSPS) is 17.6. The van der Waals surface area contributed by atoms with Crippen LogP contribution in [0.5, 0.6) is 0 Å². The first-order valence-electron chi connectivity index (χ1n) is 10.8. The predicted molar refractivity (Wildman–Crippen MR) is 115 cm³/mol. The number of nitrogens with zero attached hydrogens (tertiary/aromatic N) is 3. The summed E-state index contributed by atoms with van der Waals surface area (Å²) in [5, 5.41) is 0. The van der Waals surface area contributed by atoms with Crippen LogP contribution in [0.3, 0.4) is 0 Å². The Morgan fingerprint density at radius 3 is 2.77 bits per heavy atom. The van der Waals surface area contributed by atoms with Crippen LogP contribution >= 0.6 is 0 Å². The number of piperidine rings is 1. The Morgan fingerprint density at radius 1 is 1.13 bits per heavy atom. The Labute approximate surface area is 188 Å². The van der Waals surface area contributed by atoms with Crippen LogP contribution in [-0.4, -0.2) is 57.6 Å². The molecule has 1 N–H and O–H groups in total. The maximum absolute atomic E-state index is 5.24. The van der Waals surface area contributed by atoms with Gasteiger partial charge < -0.3 is 4.74 Å². The molecule has 1 aromatic carbocycles. The summed E-state index contributed by atoms with van der Waals surface area (Å²) < 4.78 is 8.23. The van der Waals surface area contributed by atoms with Crippen LogP contribution in [0.2, 0.25) is 0 Å². The molecule has 2 aliphatic rings. The van der Waals surface area contributed by atoms with Gasteiger partial charge in [-0.3, -0.25) is 0 Å². The van der Waals surface area contributed by atoms with Gasteiger partial charge in [-0.25, -0.2) is 0 Å². The van der Waals surface area contributed by atoms with Crippen LogP contribution in [0.4, 0.5) is 0 Å². The van der Waals surface area contributed by atoms with E-state index in [0.717, 1.165) is 61.9 Å². The van der Waals surface area contributed by atoms with Crippen molar-refractivity contribution >= 4 is 0 Å². The van der Waals surface area contributed by atoms with Crippen molar-refractivity contribution in [3.05, 3.63) is 57.7 Å². The van der Waals surface area contributed by atoms with Gasteiger partial charge in [-0.2, -0.15) is 0 Å². The summed E-state index contributed by atoms with van der Waals surface area (Å²) in [6.07, 6.45) is 7.24. The van der Waals surface area contributed by atoms with Gasteiger partial charge in [0.25, 0.3) is 0 Å². The SMILES string of the molecule is COCCN1CCC(c2nc(-c3ccc4c(c3)CC[I-]4)c(-c3ccncc3)[nH]2)CC1. The zero-order chi connectivity index (χ0) is 20.3. The van der Waals surface area contributed by atoms with Gasteiger partial charge in [0, 0.05) is 7.11 Å². The molecule has 6 heteroatoms. The Balaban J connectivity index is 1.46. The van der Waals surface area contributed by atoms with E-state index in [-0.39, 0.29) is 21.2 Å². The average Bonchev–Trinajstić information content (AvgIpc) is 3.45. The summed E-state index contributed by atoms with van der Waals surface area (Å²) in [4.78, 5) is 15.6. The minimum atomic E-state index is 0.222. The third-order valence-corrected chi connectivity index (χ3v) is 9.15. The molecule has 1 saturated heterocycles. The van der Waals surface area contributed by atoms with Crippen molar-refractivity contribution in [3.8, 4) is 22.5 Å². The molecule has 5 rings (SSSR count).